The molecule has 0 aromatic heterocycles. The van der Waals surface area contributed by atoms with Crippen molar-refractivity contribution < 1.29 is 0 Å². The van der Waals surface area contributed by atoms with E-state index in [9.17, 15) is 0 Å². The molecule has 0 heterocycles. The molecule has 0 bridgehead atoms. The van der Waals surface area contributed by atoms with E-state index in [2.05, 4.69) is 85.6 Å². The van der Waals surface area contributed by atoms with Crippen molar-refractivity contribution in [2.24, 2.45) is 0 Å². The summed E-state index contributed by atoms with van der Waals surface area (Å²) in [5.74, 6) is 0. The van der Waals surface area contributed by atoms with Gasteiger partial charge in [-0.25, -0.2) is 0 Å². The third kappa shape index (κ3) is 2.22. The molecule has 0 aliphatic rings. The van der Waals surface area contributed by atoms with Crippen LogP contribution in [-0.4, -0.2) is 9.52 Å². The Morgan fingerprint density at radius 1 is 0.778 bits per heavy atom. The first-order chi connectivity index (χ1) is 8.83. The summed E-state index contributed by atoms with van der Waals surface area (Å²) in [5, 5.41) is -0.0374. The molecule has 0 amide bonds. The zero-order chi connectivity index (χ0) is 12.8. The van der Waals surface area contributed by atoms with Gasteiger partial charge >= 0.3 is 0 Å². The van der Waals surface area contributed by atoms with Crippen LogP contribution in [0, 0.1) is 0 Å². The topological polar surface area (TPSA) is 0 Å². The molecule has 0 radical (unpaired) electrons. The van der Waals surface area contributed by atoms with Gasteiger partial charge in [-0.15, -0.1) is 18.9 Å². The van der Waals surface area contributed by atoms with Gasteiger partial charge in [-0.05, 0) is 11.1 Å². The molecular formula is C17H18Si. The second kappa shape index (κ2) is 5.65. The lowest BCUT2D eigenvalue weighted by Gasteiger charge is -2.30. The van der Waals surface area contributed by atoms with Crippen LogP contribution in [0.3, 0.4) is 0 Å². The summed E-state index contributed by atoms with van der Waals surface area (Å²) in [6.07, 6.45) is 2.09. The van der Waals surface area contributed by atoms with Crippen LogP contribution >= 0.6 is 0 Å². The Hall–Kier alpha value is -1.86. The fourth-order valence-corrected chi connectivity index (χ4v) is 3.99. The Bertz CT molecular complexity index is 474. The summed E-state index contributed by atoms with van der Waals surface area (Å²) < 4.78 is 0. The number of benzene rings is 2. The molecule has 0 atom stereocenters. The normalized spacial score (nSPS) is 11.6. The lowest BCUT2D eigenvalue weighted by molar-refractivity contribution is 0.914. The maximum atomic E-state index is 4.09. The van der Waals surface area contributed by atoms with Crippen molar-refractivity contribution >= 4 is 9.52 Å². The summed E-state index contributed by atoms with van der Waals surface area (Å²) in [4.78, 5) is 0. The highest BCUT2D eigenvalue weighted by atomic mass is 28.2. The van der Waals surface area contributed by atoms with Gasteiger partial charge in [0.2, 0.25) is 0 Å². The number of rotatable bonds is 5. The molecule has 1 heteroatoms. The Balaban J connectivity index is 2.60. The second-order valence-corrected chi connectivity index (χ2v) is 6.50. The molecule has 0 aliphatic carbocycles. The molecule has 2 rings (SSSR count). The zero-order valence-corrected chi connectivity index (χ0v) is 12.0. The Labute approximate surface area is 112 Å². The highest BCUT2D eigenvalue weighted by molar-refractivity contribution is 6.48. The summed E-state index contributed by atoms with van der Waals surface area (Å²) in [6.45, 7) is 8.05. The van der Waals surface area contributed by atoms with E-state index in [0.717, 1.165) is 0 Å². The first kappa shape index (κ1) is 12.6. The standard InChI is InChI=1S/C17H18Si/c1-3-17(18-4-2,15-11-7-5-8-12-15)16-13-9-6-10-14-16/h3-14H,1-2,18H2. The monoisotopic (exact) mass is 250 g/mol. The minimum atomic E-state index is -0.522. The first-order valence-electron chi connectivity index (χ1n) is 6.19. The SMILES string of the molecule is C=C[SiH2]C(C=C)(c1ccccc1)c1ccccc1. The minimum absolute atomic E-state index is 0.0374. The molecule has 0 spiro atoms. The number of allylic oxidation sites excluding steroid dienone is 1. The summed E-state index contributed by atoms with van der Waals surface area (Å²) in [7, 11) is -0.522. The Morgan fingerprint density at radius 3 is 1.56 bits per heavy atom. The molecule has 0 aliphatic heterocycles. The van der Waals surface area contributed by atoms with Crippen LogP contribution in [0.25, 0.3) is 0 Å². The van der Waals surface area contributed by atoms with E-state index in [4.69, 9.17) is 0 Å². The highest BCUT2D eigenvalue weighted by Crippen LogP contribution is 2.32. The Kier molecular flexibility index (Phi) is 3.95. The van der Waals surface area contributed by atoms with Crippen molar-refractivity contribution in [3.05, 3.63) is 96.7 Å². The van der Waals surface area contributed by atoms with Crippen molar-refractivity contribution in [3.63, 3.8) is 0 Å². The van der Waals surface area contributed by atoms with Crippen LogP contribution in [-0.2, 0) is 5.04 Å². The number of hydrogen-bond donors (Lipinski definition) is 0. The van der Waals surface area contributed by atoms with E-state index in [0.29, 0.717) is 0 Å². The van der Waals surface area contributed by atoms with E-state index in [1.54, 1.807) is 0 Å². The summed E-state index contributed by atoms with van der Waals surface area (Å²) >= 11 is 0. The predicted octanol–water partition coefficient (Wildman–Crippen LogP) is 3.43. The van der Waals surface area contributed by atoms with Crippen LogP contribution in [0.4, 0.5) is 0 Å². The summed E-state index contributed by atoms with van der Waals surface area (Å²) in [5.41, 5.74) is 4.73. The molecule has 0 N–H and O–H groups in total. The first-order valence-corrected chi connectivity index (χ1v) is 7.71. The molecule has 0 unspecified atom stereocenters. The van der Waals surface area contributed by atoms with Gasteiger partial charge in [0.05, 0.1) is 9.52 Å². The lowest BCUT2D eigenvalue weighted by atomic mass is 9.90. The van der Waals surface area contributed by atoms with Gasteiger partial charge in [0.25, 0.3) is 0 Å². The van der Waals surface area contributed by atoms with Gasteiger partial charge in [0, 0.05) is 5.04 Å². The third-order valence-electron chi connectivity index (χ3n) is 3.39. The van der Waals surface area contributed by atoms with Crippen LogP contribution in [0.5, 0.6) is 0 Å². The molecular weight excluding hydrogens is 232 g/mol. The predicted molar refractivity (Wildman–Crippen MR) is 82.6 cm³/mol. The second-order valence-electron chi connectivity index (χ2n) is 4.40. The number of hydrogen-bond acceptors (Lipinski definition) is 0. The van der Waals surface area contributed by atoms with Gasteiger partial charge in [0.15, 0.2) is 0 Å². The van der Waals surface area contributed by atoms with E-state index >= 15 is 0 Å². The molecule has 90 valence electrons. The fourth-order valence-electron chi connectivity index (χ4n) is 2.42. The van der Waals surface area contributed by atoms with Crippen molar-refractivity contribution in [2.45, 2.75) is 5.04 Å². The maximum Gasteiger partial charge on any atom is 0.0665 e. The van der Waals surface area contributed by atoms with E-state index in [-0.39, 0.29) is 5.04 Å². The average molecular weight is 250 g/mol. The quantitative estimate of drug-likeness (QED) is 0.563. The molecule has 0 saturated heterocycles. The van der Waals surface area contributed by atoms with Gasteiger partial charge in [-0.1, -0.05) is 66.7 Å². The third-order valence-corrected chi connectivity index (χ3v) is 5.43. The van der Waals surface area contributed by atoms with Gasteiger partial charge in [-0.2, -0.15) is 0 Å². The lowest BCUT2D eigenvalue weighted by Crippen LogP contribution is -2.31. The van der Waals surface area contributed by atoms with Crippen LogP contribution < -0.4 is 0 Å². The minimum Gasteiger partial charge on any atom is -0.107 e. The van der Waals surface area contributed by atoms with Crippen molar-refractivity contribution in [1.29, 1.82) is 0 Å². The molecule has 0 fully saturated rings. The molecule has 18 heavy (non-hydrogen) atoms. The largest absolute Gasteiger partial charge is 0.107 e. The molecule has 2 aromatic carbocycles. The van der Waals surface area contributed by atoms with Crippen LogP contribution in [0.1, 0.15) is 11.1 Å². The summed E-state index contributed by atoms with van der Waals surface area (Å²) in [6, 6.07) is 21.2. The van der Waals surface area contributed by atoms with Gasteiger partial charge in [0.1, 0.15) is 0 Å². The smallest absolute Gasteiger partial charge is 0.0665 e. The zero-order valence-electron chi connectivity index (χ0n) is 10.5. The highest BCUT2D eigenvalue weighted by Gasteiger charge is 2.29. The van der Waals surface area contributed by atoms with Gasteiger partial charge in [-0.3, -0.25) is 0 Å². The van der Waals surface area contributed by atoms with E-state index in [1.165, 1.54) is 11.1 Å². The van der Waals surface area contributed by atoms with Crippen LogP contribution in [0.2, 0.25) is 0 Å². The molecule has 0 saturated carbocycles. The fraction of sp³-hybridized carbons (Fsp3) is 0.0588. The Morgan fingerprint density at radius 2 is 1.22 bits per heavy atom. The molecule has 0 nitrogen and oxygen atoms in total. The van der Waals surface area contributed by atoms with Crippen molar-refractivity contribution in [2.75, 3.05) is 0 Å². The van der Waals surface area contributed by atoms with Gasteiger partial charge < -0.3 is 0 Å². The average Bonchev–Trinajstić information content (AvgIpc) is 2.47. The maximum absolute atomic E-state index is 4.09. The van der Waals surface area contributed by atoms with Crippen LogP contribution in [0.15, 0.2) is 85.6 Å². The van der Waals surface area contributed by atoms with Crippen molar-refractivity contribution in [1.82, 2.24) is 0 Å². The van der Waals surface area contributed by atoms with E-state index < -0.39 is 9.52 Å². The molecule has 2 aromatic rings. The van der Waals surface area contributed by atoms with E-state index in [1.807, 2.05) is 0 Å². The van der Waals surface area contributed by atoms with Crippen molar-refractivity contribution in [3.8, 4) is 0 Å².